The Morgan fingerprint density at radius 3 is 2.03 bits per heavy atom. The highest BCUT2D eigenvalue weighted by Gasteiger charge is 2.43. The molecule has 3 aromatic carbocycles. The van der Waals surface area contributed by atoms with E-state index >= 15 is 0 Å². The van der Waals surface area contributed by atoms with Gasteiger partial charge in [0.05, 0.1) is 18.1 Å². The quantitative estimate of drug-likeness (QED) is 0.187. The summed E-state index contributed by atoms with van der Waals surface area (Å²) in [4.78, 5) is 71.1. The second-order valence-corrected chi connectivity index (χ2v) is 18.0. The topological polar surface area (TPSA) is 149 Å². The number of amides is 5. The first-order valence-corrected chi connectivity index (χ1v) is 21.3. The van der Waals surface area contributed by atoms with Crippen molar-refractivity contribution >= 4 is 29.5 Å². The summed E-state index contributed by atoms with van der Waals surface area (Å²) in [5, 5.41) is 16.0. The Hall–Kier alpha value is -5.03. The Morgan fingerprint density at radius 2 is 1.41 bits per heavy atom. The first-order chi connectivity index (χ1) is 27.8. The summed E-state index contributed by atoms with van der Waals surface area (Å²) < 4.78 is 0. The molecule has 11 heteroatoms. The van der Waals surface area contributed by atoms with Crippen LogP contribution in [0.1, 0.15) is 129 Å². The summed E-state index contributed by atoms with van der Waals surface area (Å²) in [6, 6.07) is 19.4. The smallest absolute Gasteiger partial charge is 0.251 e. The molecule has 4 aliphatic rings. The Balaban J connectivity index is 1.07. The molecule has 5 amide bonds. The number of aryl methyl sites for hydroxylation is 2. The number of hydrogen-bond donors (Lipinski definition) is 5. The van der Waals surface area contributed by atoms with Gasteiger partial charge < -0.3 is 31.5 Å². The molecule has 7 rings (SSSR count). The summed E-state index contributed by atoms with van der Waals surface area (Å²) in [5.41, 5.74) is 6.28. The Bertz CT molecular complexity index is 2040. The average Bonchev–Trinajstić information content (AvgIpc) is 3.70. The number of carbonyl (C=O) groups excluding carboxylic acids is 5. The van der Waals surface area contributed by atoms with Crippen molar-refractivity contribution in [1.82, 2.24) is 31.5 Å². The molecule has 2 aliphatic heterocycles. The van der Waals surface area contributed by atoms with Crippen molar-refractivity contribution in [2.45, 2.75) is 135 Å². The minimum Gasteiger partial charge on any atom is -0.348 e. The highest BCUT2D eigenvalue weighted by molar-refractivity contribution is 5.96. The van der Waals surface area contributed by atoms with Crippen LogP contribution in [0, 0.1) is 11.3 Å². The molecule has 0 radical (unpaired) electrons. The lowest BCUT2D eigenvalue weighted by Gasteiger charge is -2.42. The zero-order valence-electron chi connectivity index (χ0n) is 34.7. The molecule has 1 fully saturated rings. The van der Waals surface area contributed by atoms with E-state index in [4.69, 9.17) is 0 Å². The summed E-state index contributed by atoms with van der Waals surface area (Å²) in [6.07, 6.45) is 7.06. The van der Waals surface area contributed by atoms with Gasteiger partial charge >= 0.3 is 0 Å². The predicted octanol–water partition coefficient (Wildman–Crippen LogP) is 5.36. The molecule has 3 unspecified atom stereocenters. The van der Waals surface area contributed by atoms with Crippen LogP contribution in [0.25, 0.3) is 0 Å². The molecule has 0 saturated carbocycles. The fourth-order valence-electron chi connectivity index (χ4n) is 9.14. The van der Waals surface area contributed by atoms with E-state index in [9.17, 15) is 24.0 Å². The maximum absolute atomic E-state index is 14.7. The van der Waals surface area contributed by atoms with Gasteiger partial charge in [0.2, 0.25) is 23.6 Å². The van der Waals surface area contributed by atoms with E-state index in [2.05, 4.69) is 50.8 Å². The molecule has 11 nitrogen and oxygen atoms in total. The highest BCUT2D eigenvalue weighted by Crippen LogP contribution is 2.33. The number of rotatable bonds is 10. The number of carbonyl (C=O) groups is 5. The van der Waals surface area contributed by atoms with Gasteiger partial charge in [0.15, 0.2) is 0 Å². The predicted molar refractivity (Wildman–Crippen MR) is 224 cm³/mol. The van der Waals surface area contributed by atoms with E-state index in [1.54, 1.807) is 11.0 Å². The lowest BCUT2D eigenvalue weighted by Crippen LogP contribution is -2.61. The van der Waals surface area contributed by atoms with Crippen molar-refractivity contribution < 1.29 is 24.0 Å². The minimum atomic E-state index is -0.874. The van der Waals surface area contributed by atoms with E-state index in [0.29, 0.717) is 24.9 Å². The second kappa shape index (κ2) is 17.4. The van der Waals surface area contributed by atoms with E-state index in [1.165, 1.54) is 16.7 Å². The maximum atomic E-state index is 14.7. The maximum Gasteiger partial charge on any atom is 0.251 e. The van der Waals surface area contributed by atoms with Gasteiger partial charge in [-0.05, 0) is 102 Å². The average molecular weight is 789 g/mol. The third kappa shape index (κ3) is 8.99. The Labute approximate surface area is 342 Å². The molecule has 0 bridgehead atoms. The molecular weight excluding hydrogens is 729 g/mol. The molecule has 58 heavy (non-hydrogen) atoms. The SMILES string of the molecule is CC[C@@H](C)C(=O)N[C@H](C(=O)N1Cc2cc(C(=O)NC3CN[C@H](C(=O)NC4CCCc5ccccc54)C3)ccc2C[C@H]1C(=O)NC1CCCc2ccccc21)C(C)(C)C. The molecule has 1 saturated heterocycles. The zero-order valence-corrected chi connectivity index (χ0v) is 34.7. The number of nitrogens with one attached hydrogen (secondary N) is 5. The zero-order chi connectivity index (χ0) is 41.1. The van der Waals surface area contributed by atoms with Gasteiger partial charge in [0.25, 0.3) is 5.91 Å². The molecule has 0 spiro atoms. The normalized spacial score (nSPS) is 23.6. The van der Waals surface area contributed by atoms with Crippen LogP contribution in [0.3, 0.4) is 0 Å². The second-order valence-electron chi connectivity index (χ2n) is 18.0. The van der Waals surface area contributed by atoms with Gasteiger partial charge in [-0.15, -0.1) is 0 Å². The van der Waals surface area contributed by atoms with E-state index in [-0.39, 0.29) is 66.5 Å². The molecule has 5 N–H and O–H groups in total. The van der Waals surface area contributed by atoms with Crippen LogP contribution in [0.2, 0.25) is 0 Å². The van der Waals surface area contributed by atoms with Crippen LogP contribution in [-0.4, -0.2) is 65.1 Å². The van der Waals surface area contributed by atoms with E-state index < -0.39 is 23.5 Å². The van der Waals surface area contributed by atoms with Crippen LogP contribution in [0.4, 0.5) is 0 Å². The number of nitrogens with zero attached hydrogens (tertiary/aromatic N) is 1. The lowest BCUT2D eigenvalue weighted by atomic mass is 9.83. The molecule has 308 valence electrons. The molecular formula is C47H60N6O5. The summed E-state index contributed by atoms with van der Waals surface area (Å²) in [6.45, 7) is 10.1. The van der Waals surface area contributed by atoms with Crippen molar-refractivity contribution in [2.24, 2.45) is 11.3 Å². The van der Waals surface area contributed by atoms with Crippen molar-refractivity contribution in [3.63, 3.8) is 0 Å². The van der Waals surface area contributed by atoms with Gasteiger partial charge in [-0.25, -0.2) is 0 Å². The fourth-order valence-corrected chi connectivity index (χ4v) is 9.14. The van der Waals surface area contributed by atoms with Crippen molar-refractivity contribution in [2.75, 3.05) is 6.54 Å². The van der Waals surface area contributed by atoms with Crippen LogP contribution < -0.4 is 26.6 Å². The van der Waals surface area contributed by atoms with Gasteiger partial charge in [-0.1, -0.05) is 89.2 Å². The third-order valence-electron chi connectivity index (χ3n) is 12.8. The lowest BCUT2D eigenvalue weighted by molar-refractivity contribution is -0.147. The van der Waals surface area contributed by atoms with Crippen LogP contribution >= 0.6 is 0 Å². The Kier molecular flexibility index (Phi) is 12.4. The standard InChI is InChI=1S/C47H60N6O5/c1-6-28(2)42(54)52-41(47(3,4)5)46(58)53-27-33-23-32(22-21-31(33)24-40(53)45(57)51-38-20-12-16-30-14-8-10-18-36(30)38)43(55)49-34-25-39(48-26-34)44(56)50-37-19-11-15-29-13-7-9-17-35(29)37/h7-10,13-14,17-18,21-23,28,34,37-41,48H,6,11-12,15-16,19-20,24-27H2,1-5H3,(H,49,55)(H,50,56)(H,51,57)(H,52,54)/t28-,34?,37?,38?,39+,40+,41-/m1/s1. The Morgan fingerprint density at radius 1 is 0.793 bits per heavy atom. The first-order valence-electron chi connectivity index (χ1n) is 21.3. The van der Waals surface area contributed by atoms with Crippen LogP contribution in [-0.2, 0) is 45.0 Å². The molecule has 0 aromatic heterocycles. The van der Waals surface area contributed by atoms with E-state index in [1.807, 2.05) is 71.0 Å². The molecule has 2 heterocycles. The van der Waals surface area contributed by atoms with Crippen molar-refractivity contribution in [1.29, 1.82) is 0 Å². The van der Waals surface area contributed by atoms with Crippen LogP contribution in [0.15, 0.2) is 66.7 Å². The van der Waals surface area contributed by atoms with Gasteiger partial charge in [0.1, 0.15) is 12.1 Å². The number of benzene rings is 3. The van der Waals surface area contributed by atoms with Gasteiger partial charge in [-0.3, -0.25) is 24.0 Å². The summed E-state index contributed by atoms with van der Waals surface area (Å²) >= 11 is 0. The molecule has 2 aliphatic carbocycles. The number of fused-ring (bicyclic) bond motifs is 3. The minimum absolute atomic E-state index is 0.0145. The van der Waals surface area contributed by atoms with Gasteiger partial charge in [-0.2, -0.15) is 0 Å². The molecule has 7 atom stereocenters. The largest absolute Gasteiger partial charge is 0.348 e. The first kappa shape index (κ1) is 41.1. The summed E-state index contributed by atoms with van der Waals surface area (Å²) in [5.74, 6) is -1.36. The monoisotopic (exact) mass is 788 g/mol. The van der Waals surface area contributed by atoms with Crippen LogP contribution in [0.5, 0.6) is 0 Å². The summed E-state index contributed by atoms with van der Waals surface area (Å²) in [7, 11) is 0. The number of hydrogen-bond acceptors (Lipinski definition) is 6. The third-order valence-corrected chi connectivity index (χ3v) is 12.8. The highest BCUT2D eigenvalue weighted by atomic mass is 16.2. The van der Waals surface area contributed by atoms with Gasteiger partial charge in [0, 0.05) is 37.0 Å². The molecule has 3 aromatic rings. The fraction of sp³-hybridized carbons (Fsp3) is 0.511. The van der Waals surface area contributed by atoms with E-state index in [0.717, 1.165) is 55.2 Å². The van der Waals surface area contributed by atoms with Crippen molar-refractivity contribution in [3.05, 3.63) is 106 Å². The van der Waals surface area contributed by atoms with Crippen molar-refractivity contribution in [3.8, 4) is 0 Å².